The molecule has 2 atom stereocenters. The molecule has 1 aromatic carbocycles. The summed E-state index contributed by atoms with van der Waals surface area (Å²) in [6.07, 6.45) is 2.16. The zero-order valence-electron chi connectivity index (χ0n) is 13.5. The van der Waals surface area contributed by atoms with E-state index in [1.807, 2.05) is 35.0 Å². The van der Waals surface area contributed by atoms with E-state index in [9.17, 15) is 13.2 Å². The van der Waals surface area contributed by atoms with Crippen LogP contribution in [0.1, 0.15) is 30.9 Å². The fourth-order valence-corrected chi connectivity index (χ4v) is 5.23. The summed E-state index contributed by atoms with van der Waals surface area (Å²) in [6, 6.07) is 10.4. The van der Waals surface area contributed by atoms with Gasteiger partial charge in [-0.1, -0.05) is 30.3 Å². The molecule has 1 aromatic rings. The molecule has 5 nitrogen and oxygen atoms in total. The van der Waals surface area contributed by atoms with E-state index in [4.69, 9.17) is 0 Å². The van der Waals surface area contributed by atoms with Gasteiger partial charge >= 0.3 is 0 Å². The molecular formula is C17H24N2O3S. The van der Waals surface area contributed by atoms with Crippen molar-refractivity contribution in [2.24, 2.45) is 0 Å². The number of amides is 1. The van der Waals surface area contributed by atoms with Crippen LogP contribution in [0.2, 0.25) is 0 Å². The highest BCUT2D eigenvalue weighted by Crippen LogP contribution is 2.33. The molecule has 2 fully saturated rings. The summed E-state index contributed by atoms with van der Waals surface area (Å²) < 4.78 is 23.1. The van der Waals surface area contributed by atoms with Gasteiger partial charge in [0.05, 0.1) is 17.5 Å². The topological polar surface area (TPSA) is 57.7 Å². The second-order valence-corrected chi connectivity index (χ2v) is 8.82. The van der Waals surface area contributed by atoms with Gasteiger partial charge in [-0.05, 0) is 25.5 Å². The Hall–Kier alpha value is -1.40. The molecule has 2 aliphatic rings. The molecule has 0 N–H and O–H groups in total. The maximum absolute atomic E-state index is 12.4. The minimum Gasteiger partial charge on any atom is -0.335 e. The largest absolute Gasteiger partial charge is 0.335 e. The highest BCUT2D eigenvalue weighted by molar-refractivity contribution is 7.91. The Balaban J connectivity index is 1.50. The minimum absolute atomic E-state index is 0.0640. The van der Waals surface area contributed by atoms with Gasteiger partial charge in [0.2, 0.25) is 5.91 Å². The van der Waals surface area contributed by atoms with Crippen molar-refractivity contribution in [2.45, 2.75) is 31.3 Å². The SMILES string of the molecule is CN(CCC(=O)N1CC[C@@H]1c1ccccc1)[C@@H]1CCS(=O)(=O)C1. The van der Waals surface area contributed by atoms with E-state index in [2.05, 4.69) is 12.1 Å². The molecule has 0 saturated carbocycles. The average molecular weight is 336 g/mol. The molecule has 3 rings (SSSR count). The maximum atomic E-state index is 12.4. The van der Waals surface area contributed by atoms with Crippen molar-refractivity contribution in [2.75, 3.05) is 31.6 Å². The quantitative estimate of drug-likeness (QED) is 0.817. The van der Waals surface area contributed by atoms with Crippen molar-refractivity contribution < 1.29 is 13.2 Å². The van der Waals surface area contributed by atoms with Crippen LogP contribution in [0.3, 0.4) is 0 Å². The first-order valence-corrected chi connectivity index (χ1v) is 10.0. The Bertz CT molecular complexity index is 660. The summed E-state index contributed by atoms with van der Waals surface area (Å²) in [4.78, 5) is 16.4. The summed E-state index contributed by atoms with van der Waals surface area (Å²) in [6.45, 7) is 1.44. The number of benzene rings is 1. The molecule has 6 heteroatoms. The summed E-state index contributed by atoms with van der Waals surface area (Å²) in [5.74, 6) is 0.671. The van der Waals surface area contributed by atoms with E-state index < -0.39 is 9.84 Å². The number of rotatable bonds is 5. The highest BCUT2D eigenvalue weighted by Gasteiger charge is 2.34. The summed E-state index contributed by atoms with van der Waals surface area (Å²) in [5, 5.41) is 0. The van der Waals surface area contributed by atoms with Crippen LogP contribution < -0.4 is 0 Å². The van der Waals surface area contributed by atoms with Crippen LogP contribution in [-0.4, -0.2) is 61.8 Å². The van der Waals surface area contributed by atoms with Crippen LogP contribution in [0.15, 0.2) is 30.3 Å². The Morgan fingerprint density at radius 3 is 2.57 bits per heavy atom. The van der Waals surface area contributed by atoms with Gasteiger partial charge in [-0.3, -0.25) is 4.79 Å². The smallest absolute Gasteiger partial charge is 0.224 e. The Morgan fingerprint density at radius 2 is 2.00 bits per heavy atom. The third kappa shape index (κ3) is 3.75. The molecule has 0 spiro atoms. The molecule has 2 heterocycles. The Labute approximate surface area is 138 Å². The minimum atomic E-state index is -2.87. The van der Waals surface area contributed by atoms with Crippen molar-refractivity contribution in [3.05, 3.63) is 35.9 Å². The first kappa shape index (κ1) is 16.5. The number of hydrogen-bond donors (Lipinski definition) is 0. The second-order valence-electron chi connectivity index (χ2n) is 6.59. The summed E-state index contributed by atoms with van der Waals surface area (Å²) >= 11 is 0. The fraction of sp³-hybridized carbons (Fsp3) is 0.588. The van der Waals surface area contributed by atoms with Gasteiger partial charge in [0, 0.05) is 25.6 Å². The van der Waals surface area contributed by atoms with E-state index in [1.165, 1.54) is 5.56 Å². The molecule has 0 bridgehead atoms. The monoisotopic (exact) mass is 336 g/mol. The van der Waals surface area contributed by atoms with E-state index in [1.54, 1.807) is 0 Å². The molecule has 0 aliphatic carbocycles. The first-order chi connectivity index (χ1) is 11.0. The van der Waals surface area contributed by atoms with E-state index in [0.717, 1.165) is 13.0 Å². The van der Waals surface area contributed by atoms with Gasteiger partial charge in [0.25, 0.3) is 0 Å². The lowest BCUT2D eigenvalue weighted by Crippen LogP contribution is -2.46. The van der Waals surface area contributed by atoms with Gasteiger partial charge < -0.3 is 9.80 Å². The third-order valence-electron chi connectivity index (χ3n) is 5.03. The maximum Gasteiger partial charge on any atom is 0.224 e. The van der Waals surface area contributed by atoms with E-state index in [-0.39, 0.29) is 29.5 Å². The van der Waals surface area contributed by atoms with Crippen molar-refractivity contribution in [1.82, 2.24) is 9.80 Å². The number of likely N-dealkylation sites (tertiary alicyclic amines) is 1. The summed E-state index contributed by atoms with van der Waals surface area (Å²) in [7, 11) is -0.950. The molecule has 126 valence electrons. The molecule has 0 aromatic heterocycles. The van der Waals surface area contributed by atoms with E-state index >= 15 is 0 Å². The number of carbonyl (C=O) groups is 1. The van der Waals surface area contributed by atoms with Gasteiger partial charge in [-0.2, -0.15) is 0 Å². The third-order valence-corrected chi connectivity index (χ3v) is 6.78. The molecule has 2 saturated heterocycles. The van der Waals surface area contributed by atoms with Gasteiger partial charge in [-0.25, -0.2) is 8.42 Å². The van der Waals surface area contributed by atoms with Crippen LogP contribution in [0.25, 0.3) is 0 Å². The second kappa shape index (κ2) is 6.61. The predicted octanol–water partition coefficient (Wildman–Crippen LogP) is 1.47. The molecule has 0 radical (unpaired) electrons. The van der Waals surface area contributed by atoms with Crippen LogP contribution in [0.4, 0.5) is 0 Å². The van der Waals surface area contributed by atoms with Crippen molar-refractivity contribution >= 4 is 15.7 Å². The van der Waals surface area contributed by atoms with Crippen LogP contribution in [-0.2, 0) is 14.6 Å². The number of carbonyl (C=O) groups excluding carboxylic acids is 1. The van der Waals surface area contributed by atoms with Crippen LogP contribution in [0.5, 0.6) is 0 Å². The van der Waals surface area contributed by atoms with Gasteiger partial charge in [-0.15, -0.1) is 0 Å². The molecule has 0 unspecified atom stereocenters. The summed E-state index contributed by atoms with van der Waals surface area (Å²) in [5.41, 5.74) is 1.20. The van der Waals surface area contributed by atoms with Crippen molar-refractivity contribution in [1.29, 1.82) is 0 Å². The van der Waals surface area contributed by atoms with Crippen LogP contribution >= 0.6 is 0 Å². The zero-order valence-corrected chi connectivity index (χ0v) is 14.3. The fourth-order valence-electron chi connectivity index (χ4n) is 3.43. The molecular weight excluding hydrogens is 312 g/mol. The van der Waals surface area contributed by atoms with Crippen molar-refractivity contribution in [3.8, 4) is 0 Å². The Morgan fingerprint density at radius 1 is 1.26 bits per heavy atom. The van der Waals surface area contributed by atoms with Gasteiger partial charge in [0.1, 0.15) is 0 Å². The first-order valence-electron chi connectivity index (χ1n) is 8.21. The number of sulfone groups is 1. The molecule has 2 aliphatic heterocycles. The Kier molecular flexibility index (Phi) is 4.73. The normalized spacial score (nSPS) is 26.3. The highest BCUT2D eigenvalue weighted by atomic mass is 32.2. The molecule has 1 amide bonds. The zero-order chi connectivity index (χ0) is 16.4. The average Bonchev–Trinajstić information content (AvgIpc) is 2.85. The van der Waals surface area contributed by atoms with Gasteiger partial charge in [0.15, 0.2) is 9.84 Å². The predicted molar refractivity (Wildman–Crippen MR) is 89.8 cm³/mol. The van der Waals surface area contributed by atoms with Crippen LogP contribution in [0, 0.1) is 0 Å². The lowest BCUT2D eigenvalue weighted by Gasteiger charge is -2.41. The number of hydrogen-bond acceptors (Lipinski definition) is 4. The number of nitrogens with zero attached hydrogens (tertiary/aromatic N) is 2. The van der Waals surface area contributed by atoms with Crippen molar-refractivity contribution in [3.63, 3.8) is 0 Å². The van der Waals surface area contributed by atoms with E-state index in [0.29, 0.717) is 19.4 Å². The standard InChI is InChI=1S/C17H24N2O3S/c1-18(15-9-12-23(21,22)13-15)10-8-17(20)19-11-7-16(19)14-5-3-2-4-6-14/h2-6,15-16H,7-13H2,1H3/t15-,16-/m1/s1. The lowest BCUT2D eigenvalue weighted by molar-refractivity contribution is -0.139. The lowest BCUT2D eigenvalue weighted by atomic mass is 9.94. The molecule has 23 heavy (non-hydrogen) atoms.